The highest BCUT2D eigenvalue weighted by molar-refractivity contribution is 7.19. The van der Waals surface area contributed by atoms with Gasteiger partial charge in [-0.05, 0) is 57.4 Å². The number of pyridine rings is 1. The average Bonchev–Trinajstić information content (AvgIpc) is 3.04. The normalized spacial score (nSPS) is 15.3. The zero-order valence-corrected chi connectivity index (χ0v) is 16.9. The molecule has 27 heavy (non-hydrogen) atoms. The molecular weight excluding hydrogens is 354 g/mol. The highest BCUT2D eigenvalue weighted by Gasteiger charge is 2.26. The van der Waals surface area contributed by atoms with Gasteiger partial charge in [-0.2, -0.15) is 0 Å². The number of thiophene rings is 1. The second kappa shape index (κ2) is 7.31. The van der Waals surface area contributed by atoms with E-state index in [0.29, 0.717) is 0 Å². The van der Waals surface area contributed by atoms with E-state index in [9.17, 15) is 4.79 Å². The van der Waals surface area contributed by atoms with Crippen molar-refractivity contribution in [3.63, 3.8) is 0 Å². The molecule has 1 aromatic carbocycles. The number of carbonyl (C=O) groups excluding carboxylic acids is 1. The Kier molecular flexibility index (Phi) is 4.87. The molecule has 1 amide bonds. The Morgan fingerprint density at radius 1 is 1.15 bits per heavy atom. The number of aromatic nitrogens is 1. The van der Waals surface area contributed by atoms with Crippen LogP contribution in [0.3, 0.4) is 0 Å². The van der Waals surface area contributed by atoms with Crippen LogP contribution in [0.25, 0.3) is 10.1 Å². The first-order valence-electron chi connectivity index (χ1n) is 9.49. The number of anilines is 2. The SMILES string of the molecule is Cc1ccc(NC(=O)C2CCN(c3nccc4sc(C)cc34)CC2)c(C)c1. The molecule has 1 N–H and O–H groups in total. The summed E-state index contributed by atoms with van der Waals surface area (Å²) in [6, 6.07) is 10.5. The largest absolute Gasteiger partial charge is 0.356 e. The molecule has 4 rings (SSSR count). The Labute approximate surface area is 164 Å². The van der Waals surface area contributed by atoms with Gasteiger partial charge in [0.1, 0.15) is 5.82 Å². The molecule has 0 saturated carbocycles. The summed E-state index contributed by atoms with van der Waals surface area (Å²) < 4.78 is 1.28. The molecule has 0 aliphatic carbocycles. The van der Waals surface area contributed by atoms with Crippen molar-refractivity contribution in [1.82, 2.24) is 4.98 Å². The monoisotopic (exact) mass is 379 g/mol. The van der Waals surface area contributed by atoms with Gasteiger partial charge in [0, 0.05) is 45.9 Å². The number of nitrogens with one attached hydrogen (secondary N) is 1. The molecule has 140 valence electrons. The Morgan fingerprint density at radius 2 is 1.93 bits per heavy atom. The molecule has 1 saturated heterocycles. The van der Waals surface area contributed by atoms with E-state index in [1.54, 1.807) is 0 Å². The molecule has 5 heteroatoms. The first kappa shape index (κ1) is 18.0. The van der Waals surface area contributed by atoms with Crippen molar-refractivity contribution in [2.75, 3.05) is 23.3 Å². The molecule has 0 unspecified atom stereocenters. The molecule has 0 radical (unpaired) electrons. The van der Waals surface area contributed by atoms with Crippen LogP contribution in [0.5, 0.6) is 0 Å². The summed E-state index contributed by atoms with van der Waals surface area (Å²) in [5.41, 5.74) is 3.25. The Morgan fingerprint density at radius 3 is 2.67 bits per heavy atom. The number of piperidine rings is 1. The number of benzene rings is 1. The number of nitrogens with zero attached hydrogens (tertiary/aromatic N) is 2. The van der Waals surface area contributed by atoms with E-state index in [4.69, 9.17) is 0 Å². The van der Waals surface area contributed by atoms with Gasteiger partial charge in [-0.25, -0.2) is 4.98 Å². The summed E-state index contributed by atoms with van der Waals surface area (Å²) in [5, 5.41) is 4.36. The number of hydrogen-bond donors (Lipinski definition) is 1. The first-order chi connectivity index (χ1) is 13.0. The van der Waals surface area contributed by atoms with E-state index in [1.165, 1.54) is 20.5 Å². The lowest BCUT2D eigenvalue weighted by molar-refractivity contribution is -0.120. The number of carbonyl (C=O) groups is 1. The Balaban J connectivity index is 1.43. The molecular formula is C22H25N3OS. The Bertz CT molecular complexity index is 986. The van der Waals surface area contributed by atoms with Crippen molar-refractivity contribution < 1.29 is 4.79 Å². The summed E-state index contributed by atoms with van der Waals surface area (Å²) in [6.07, 6.45) is 3.61. The van der Waals surface area contributed by atoms with Gasteiger partial charge in [0.05, 0.1) is 0 Å². The van der Waals surface area contributed by atoms with Crippen LogP contribution in [0, 0.1) is 26.7 Å². The maximum atomic E-state index is 12.7. The molecule has 2 aromatic heterocycles. The van der Waals surface area contributed by atoms with Crippen molar-refractivity contribution in [2.45, 2.75) is 33.6 Å². The van der Waals surface area contributed by atoms with Crippen LogP contribution in [-0.2, 0) is 4.79 Å². The molecule has 3 heterocycles. The second-order valence-electron chi connectivity index (χ2n) is 7.47. The molecule has 0 atom stereocenters. The summed E-state index contributed by atoms with van der Waals surface area (Å²) in [5.74, 6) is 1.26. The minimum absolute atomic E-state index is 0.0605. The highest BCUT2D eigenvalue weighted by Crippen LogP contribution is 2.33. The molecule has 4 nitrogen and oxygen atoms in total. The molecule has 1 aliphatic heterocycles. The molecule has 1 fully saturated rings. The third kappa shape index (κ3) is 3.69. The highest BCUT2D eigenvalue weighted by atomic mass is 32.1. The minimum atomic E-state index is 0.0605. The Hall–Kier alpha value is -2.40. The predicted octanol–water partition coefficient (Wildman–Crippen LogP) is 5.08. The average molecular weight is 380 g/mol. The fraction of sp³-hybridized carbons (Fsp3) is 0.364. The van der Waals surface area contributed by atoms with Crippen LogP contribution in [-0.4, -0.2) is 24.0 Å². The zero-order valence-electron chi connectivity index (χ0n) is 16.1. The number of fused-ring (bicyclic) bond motifs is 1. The van der Waals surface area contributed by atoms with Crippen LogP contribution >= 0.6 is 11.3 Å². The van der Waals surface area contributed by atoms with E-state index in [2.05, 4.69) is 47.2 Å². The maximum absolute atomic E-state index is 12.7. The van der Waals surface area contributed by atoms with Gasteiger partial charge in [-0.1, -0.05) is 17.7 Å². The van der Waals surface area contributed by atoms with Gasteiger partial charge in [0.25, 0.3) is 0 Å². The van der Waals surface area contributed by atoms with Crippen LogP contribution in [0.15, 0.2) is 36.5 Å². The van der Waals surface area contributed by atoms with Crippen molar-refractivity contribution in [3.8, 4) is 0 Å². The minimum Gasteiger partial charge on any atom is -0.356 e. The summed E-state index contributed by atoms with van der Waals surface area (Å²) in [4.78, 5) is 21.0. The van der Waals surface area contributed by atoms with Crippen molar-refractivity contribution in [2.24, 2.45) is 5.92 Å². The number of amides is 1. The third-order valence-electron chi connectivity index (χ3n) is 5.35. The fourth-order valence-electron chi connectivity index (χ4n) is 3.87. The van der Waals surface area contributed by atoms with E-state index in [-0.39, 0.29) is 11.8 Å². The molecule has 0 spiro atoms. The zero-order chi connectivity index (χ0) is 19.0. The van der Waals surface area contributed by atoms with Crippen molar-refractivity contribution in [3.05, 3.63) is 52.5 Å². The van der Waals surface area contributed by atoms with Gasteiger partial charge >= 0.3 is 0 Å². The van der Waals surface area contributed by atoms with Crippen LogP contribution in [0.2, 0.25) is 0 Å². The summed E-state index contributed by atoms with van der Waals surface area (Å²) in [6.45, 7) is 7.98. The molecule has 0 bridgehead atoms. The first-order valence-corrected chi connectivity index (χ1v) is 10.3. The van der Waals surface area contributed by atoms with Crippen LogP contribution < -0.4 is 10.2 Å². The smallest absolute Gasteiger partial charge is 0.227 e. The molecule has 1 aliphatic rings. The number of rotatable bonds is 3. The van der Waals surface area contributed by atoms with Crippen LogP contribution in [0.4, 0.5) is 11.5 Å². The topological polar surface area (TPSA) is 45.2 Å². The standard InChI is InChI=1S/C22H25N3OS/c1-14-4-5-19(15(2)12-14)24-22(26)17-7-10-25(11-8-17)21-18-13-16(3)27-20(18)6-9-23-21/h4-6,9,12-13,17H,7-8,10-11H2,1-3H3,(H,24,26). The van der Waals surface area contributed by atoms with E-state index >= 15 is 0 Å². The van der Waals surface area contributed by atoms with Gasteiger partial charge in [-0.15, -0.1) is 11.3 Å². The van der Waals surface area contributed by atoms with E-state index in [1.807, 2.05) is 36.6 Å². The quantitative estimate of drug-likeness (QED) is 0.690. The predicted molar refractivity (Wildman–Crippen MR) is 114 cm³/mol. The van der Waals surface area contributed by atoms with Crippen LogP contribution in [0.1, 0.15) is 28.8 Å². The van der Waals surface area contributed by atoms with E-state index < -0.39 is 0 Å². The molecule has 3 aromatic rings. The lowest BCUT2D eigenvalue weighted by atomic mass is 9.95. The van der Waals surface area contributed by atoms with Gasteiger partial charge in [0.15, 0.2) is 0 Å². The lowest BCUT2D eigenvalue weighted by Crippen LogP contribution is -2.38. The van der Waals surface area contributed by atoms with Gasteiger partial charge in [-0.3, -0.25) is 4.79 Å². The fourth-order valence-corrected chi connectivity index (χ4v) is 4.78. The van der Waals surface area contributed by atoms with Crippen molar-refractivity contribution in [1.29, 1.82) is 0 Å². The van der Waals surface area contributed by atoms with E-state index in [0.717, 1.165) is 43.0 Å². The second-order valence-corrected chi connectivity index (χ2v) is 8.76. The summed E-state index contributed by atoms with van der Waals surface area (Å²) in [7, 11) is 0. The summed E-state index contributed by atoms with van der Waals surface area (Å²) >= 11 is 1.81. The van der Waals surface area contributed by atoms with Gasteiger partial charge < -0.3 is 10.2 Å². The number of aryl methyl sites for hydroxylation is 3. The van der Waals surface area contributed by atoms with Crippen molar-refractivity contribution >= 4 is 38.8 Å². The third-order valence-corrected chi connectivity index (χ3v) is 6.37. The van der Waals surface area contributed by atoms with Gasteiger partial charge in [0.2, 0.25) is 5.91 Å². The lowest BCUT2D eigenvalue weighted by Gasteiger charge is -2.32. The maximum Gasteiger partial charge on any atom is 0.227 e. The number of hydrogen-bond acceptors (Lipinski definition) is 4.